The van der Waals surface area contributed by atoms with Crippen molar-refractivity contribution in [2.24, 2.45) is 0 Å². The first-order valence-electron chi connectivity index (χ1n) is 9.68. The fourth-order valence-corrected chi connectivity index (χ4v) is 3.76. The number of benzene rings is 1. The van der Waals surface area contributed by atoms with E-state index in [9.17, 15) is 8.78 Å². The average molecular weight is 406 g/mol. The van der Waals surface area contributed by atoms with Gasteiger partial charge in [-0.15, -0.1) is 0 Å². The van der Waals surface area contributed by atoms with Crippen molar-refractivity contribution in [2.75, 3.05) is 0 Å². The molecular weight excluding hydrogens is 386 g/mol. The van der Waals surface area contributed by atoms with Gasteiger partial charge in [0, 0.05) is 29.3 Å². The summed E-state index contributed by atoms with van der Waals surface area (Å²) in [6.45, 7) is 3.74. The highest BCUT2D eigenvalue weighted by molar-refractivity contribution is 5.88. The van der Waals surface area contributed by atoms with E-state index < -0.39 is 6.55 Å². The van der Waals surface area contributed by atoms with Crippen molar-refractivity contribution in [1.82, 2.24) is 29.3 Å². The summed E-state index contributed by atoms with van der Waals surface area (Å²) in [7, 11) is 0. The van der Waals surface area contributed by atoms with Gasteiger partial charge in [0.1, 0.15) is 0 Å². The maximum absolute atomic E-state index is 12.9. The van der Waals surface area contributed by atoms with E-state index in [-0.39, 0.29) is 5.54 Å². The molecule has 1 aliphatic rings. The summed E-state index contributed by atoms with van der Waals surface area (Å²) in [5.41, 5.74) is 6.60. The predicted octanol–water partition coefficient (Wildman–Crippen LogP) is 4.83. The molecule has 0 aliphatic heterocycles. The standard InChI is InChI=1S/C22H20F2N6/c1-22(2,3)29-12-26-16-6-4-13(8-19(16)29)15-5-7-17-20(15)28-18(10-25-17)14-9-27-30(11-14)21(23)24/h4-6,8-12,21H,7H2,1-3H3. The molecule has 6 nitrogen and oxygen atoms in total. The minimum absolute atomic E-state index is 0.0901. The van der Waals surface area contributed by atoms with Crippen LogP contribution in [0, 0.1) is 0 Å². The summed E-state index contributed by atoms with van der Waals surface area (Å²) in [5, 5.41) is 3.70. The molecular formula is C22H20F2N6. The Hall–Kier alpha value is -3.42. The smallest absolute Gasteiger partial charge is 0.325 e. The molecule has 0 bridgehead atoms. The summed E-state index contributed by atoms with van der Waals surface area (Å²) in [6.07, 6.45) is 8.94. The Morgan fingerprint density at radius 2 is 1.90 bits per heavy atom. The summed E-state index contributed by atoms with van der Waals surface area (Å²) >= 11 is 0. The van der Waals surface area contributed by atoms with Crippen molar-refractivity contribution in [2.45, 2.75) is 39.3 Å². The lowest BCUT2D eigenvalue weighted by molar-refractivity contribution is 0.0566. The highest BCUT2D eigenvalue weighted by atomic mass is 19.3. The van der Waals surface area contributed by atoms with Crippen molar-refractivity contribution in [3.63, 3.8) is 0 Å². The average Bonchev–Trinajstić information content (AvgIpc) is 3.43. The Morgan fingerprint density at radius 1 is 1.07 bits per heavy atom. The fraction of sp³-hybridized carbons (Fsp3) is 0.273. The maximum Gasteiger partial charge on any atom is 0.333 e. The minimum Gasteiger partial charge on any atom is -0.325 e. The second-order valence-corrected chi connectivity index (χ2v) is 8.35. The van der Waals surface area contributed by atoms with Crippen molar-refractivity contribution in [1.29, 1.82) is 0 Å². The number of aromatic nitrogens is 6. The molecule has 5 rings (SSSR count). The van der Waals surface area contributed by atoms with E-state index in [4.69, 9.17) is 4.98 Å². The quantitative estimate of drug-likeness (QED) is 0.489. The Bertz CT molecular complexity index is 1290. The van der Waals surface area contributed by atoms with Gasteiger partial charge in [0.15, 0.2) is 0 Å². The van der Waals surface area contributed by atoms with Crippen LogP contribution in [0.25, 0.3) is 27.9 Å². The van der Waals surface area contributed by atoms with Crippen LogP contribution >= 0.6 is 0 Å². The van der Waals surface area contributed by atoms with Gasteiger partial charge in [-0.3, -0.25) is 4.98 Å². The van der Waals surface area contributed by atoms with Gasteiger partial charge >= 0.3 is 6.55 Å². The zero-order valence-electron chi connectivity index (χ0n) is 16.8. The van der Waals surface area contributed by atoms with Gasteiger partial charge in [0.05, 0.1) is 46.8 Å². The SMILES string of the molecule is CC(C)(C)n1cnc2ccc(C3=CCc4ncc(-c5cnn(C(F)F)c5)nc43)cc21. The molecule has 0 fully saturated rings. The molecule has 0 amide bonds. The number of fused-ring (bicyclic) bond motifs is 2. The van der Waals surface area contributed by atoms with E-state index in [2.05, 4.69) is 52.5 Å². The number of hydrogen-bond acceptors (Lipinski definition) is 4. The third-order valence-electron chi connectivity index (χ3n) is 5.28. The monoisotopic (exact) mass is 406 g/mol. The second-order valence-electron chi connectivity index (χ2n) is 8.35. The van der Waals surface area contributed by atoms with Crippen molar-refractivity contribution < 1.29 is 8.78 Å². The Morgan fingerprint density at radius 3 is 2.63 bits per heavy atom. The molecule has 3 heterocycles. The number of alkyl halides is 2. The van der Waals surface area contributed by atoms with Gasteiger partial charge in [0.25, 0.3) is 0 Å². The number of halogens is 2. The molecule has 0 saturated carbocycles. The van der Waals surface area contributed by atoms with Crippen LogP contribution in [-0.2, 0) is 12.0 Å². The lowest BCUT2D eigenvalue weighted by Crippen LogP contribution is -2.20. The van der Waals surface area contributed by atoms with E-state index >= 15 is 0 Å². The topological polar surface area (TPSA) is 61.4 Å². The molecule has 0 radical (unpaired) electrons. The van der Waals surface area contributed by atoms with E-state index in [0.717, 1.165) is 33.6 Å². The highest BCUT2D eigenvalue weighted by Gasteiger charge is 2.22. The molecule has 0 saturated heterocycles. The third kappa shape index (κ3) is 2.99. The first-order chi connectivity index (χ1) is 14.3. The largest absolute Gasteiger partial charge is 0.333 e. The molecule has 0 atom stereocenters. The van der Waals surface area contributed by atoms with Crippen LogP contribution in [0.4, 0.5) is 8.78 Å². The number of imidazole rings is 1. The van der Waals surface area contributed by atoms with E-state index in [0.29, 0.717) is 22.4 Å². The first-order valence-corrected chi connectivity index (χ1v) is 9.68. The van der Waals surface area contributed by atoms with Gasteiger partial charge in [-0.05, 0) is 38.5 Å². The first kappa shape index (κ1) is 18.6. The van der Waals surface area contributed by atoms with Crippen LogP contribution in [0.1, 0.15) is 44.3 Å². The van der Waals surface area contributed by atoms with Crippen LogP contribution in [0.2, 0.25) is 0 Å². The van der Waals surface area contributed by atoms with Crippen molar-refractivity contribution >= 4 is 16.6 Å². The van der Waals surface area contributed by atoms with Crippen LogP contribution in [0.15, 0.2) is 49.2 Å². The molecule has 0 unspecified atom stereocenters. The molecule has 1 aliphatic carbocycles. The Labute approximate surface area is 171 Å². The van der Waals surface area contributed by atoms with Gasteiger partial charge < -0.3 is 4.57 Å². The van der Waals surface area contributed by atoms with E-state index in [1.54, 1.807) is 6.20 Å². The van der Waals surface area contributed by atoms with Crippen LogP contribution < -0.4 is 0 Å². The van der Waals surface area contributed by atoms with E-state index in [1.165, 1.54) is 12.4 Å². The number of allylic oxidation sites excluding steroid dienone is 1. The Balaban J connectivity index is 1.57. The molecule has 4 aromatic rings. The molecule has 152 valence electrons. The van der Waals surface area contributed by atoms with Gasteiger partial charge in [-0.1, -0.05) is 12.1 Å². The summed E-state index contributed by atoms with van der Waals surface area (Å²) in [4.78, 5) is 13.8. The molecule has 0 N–H and O–H groups in total. The predicted molar refractivity (Wildman–Crippen MR) is 110 cm³/mol. The summed E-state index contributed by atoms with van der Waals surface area (Å²) in [6, 6.07) is 6.17. The number of hydrogen-bond donors (Lipinski definition) is 0. The van der Waals surface area contributed by atoms with Crippen LogP contribution in [0.3, 0.4) is 0 Å². The van der Waals surface area contributed by atoms with Crippen LogP contribution in [0.5, 0.6) is 0 Å². The number of nitrogens with zero attached hydrogens (tertiary/aromatic N) is 6. The normalized spacial score (nSPS) is 13.9. The van der Waals surface area contributed by atoms with Crippen LogP contribution in [-0.4, -0.2) is 29.3 Å². The zero-order chi connectivity index (χ0) is 21.0. The summed E-state index contributed by atoms with van der Waals surface area (Å²) < 4.78 is 28.5. The molecule has 0 spiro atoms. The van der Waals surface area contributed by atoms with Gasteiger partial charge in [0.2, 0.25) is 0 Å². The van der Waals surface area contributed by atoms with Gasteiger partial charge in [-0.2, -0.15) is 13.9 Å². The van der Waals surface area contributed by atoms with Crippen molar-refractivity contribution in [3.8, 4) is 11.3 Å². The lowest BCUT2D eigenvalue weighted by atomic mass is 10.0. The lowest BCUT2D eigenvalue weighted by Gasteiger charge is -2.21. The second kappa shape index (κ2) is 6.55. The third-order valence-corrected chi connectivity index (χ3v) is 5.28. The highest BCUT2D eigenvalue weighted by Crippen LogP contribution is 2.34. The minimum atomic E-state index is -2.68. The molecule has 30 heavy (non-hydrogen) atoms. The summed E-state index contributed by atoms with van der Waals surface area (Å²) in [5.74, 6) is 0. The zero-order valence-corrected chi connectivity index (χ0v) is 16.8. The van der Waals surface area contributed by atoms with E-state index in [1.807, 2.05) is 18.5 Å². The van der Waals surface area contributed by atoms with Crippen molar-refractivity contribution in [3.05, 3.63) is 66.1 Å². The van der Waals surface area contributed by atoms with Gasteiger partial charge in [-0.25, -0.2) is 14.6 Å². The fourth-order valence-electron chi connectivity index (χ4n) is 3.76. The number of rotatable bonds is 3. The molecule has 8 heteroatoms. The molecule has 1 aromatic carbocycles. The maximum atomic E-state index is 12.9. The molecule has 3 aromatic heterocycles. The Kier molecular flexibility index (Phi) is 4.06.